The Bertz CT molecular complexity index is 719. The minimum atomic E-state index is 0.589. The molecule has 0 unspecified atom stereocenters. The van der Waals surface area contributed by atoms with Gasteiger partial charge in [-0.3, -0.25) is 0 Å². The summed E-state index contributed by atoms with van der Waals surface area (Å²) in [6.45, 7) is 0.589. The van der Waals surface area contributed by atoms with Gasteiger partial charge in [0.2, 0.25) is 0 Å². The molecule has 6 nitrogen and oxygen atoms in total. The predicted molar refractivity (Wildman–Crippen MR) is 71.9 cm³/mol. The first-order chi connectivity index (χ1) is 9.35. The molecule has 0 radical (unpaired) electrons. The molecule has 1 aromatic heterocycles. The average molecular weight is 250 g/mol. The zero-order valence-electron chi connectivity index (χ0n) is 10.0. The molecule has 0 spiro atoms. The smallest absolute Gasteiger partial charge is 0.113 e. The van der Waals surface area contributed by atoms with Crippen molar-refractivity contribution in [1.29, 1.82) is 0 Å². The Hall–Kier alpha value is -2.85. The molecule has 19 heavy (non-hydrogen) atoms. The van der Waals surface area contributed by atoms with E-state index in [1.165, 1.54) is 0 Å². The number of rotatable bonds is 3. The molecule has 0 bridgehead atoms. The number of fused-ring (bicyclic) bond motifs is 1. The molecule has 0 saturated heterocycles. The fourth-order valence-electron chi connectivity index (χ4n) is 1.86. The van der Waals surface area contributed by atoms with Crippen molar-refractivity contribution >= 4 is 16.7 Å². The molecular formula is C13H10N6. The molecule has 0 atom stereocenters. The number of benzene rings is 2. The van der Waals surface area contributed by atoms with E-state index in [0.29, 0.717) is 12.2 Å². The molecule has 0 amide bonds. The van der Waals surface area contributed by atoms with E-state index in [0.717, 1.165) is 16.6 Å². The van der Waals surface area contributed by atoms with Crippen molar-refractivity contribution < 1.29 is 0 Å². The molecule has 0 saturated carbocycles. The summed E-state index contributed by atoms with van der Waals surface area (Å²) in [5.41, 5.74) is 11.8. The molecule has 6 heteroatoms. The minimum absolute atomic E-state index is 0.589. The molecule has 92 valence electrons. The first-order valence-corrected chi connectivity index (χ1v) is 5.79. The van der Waals surface area contributed by atoms with Crippen LogP contribution in [0.4, 0.5) is 5.69 Å². The first-order valence-electron chi connectivity index (χ1n) is 5.79. The van der Waals surface area contributed by atoms with E-state index < -0.39 is 0 Å². The third kappa shape index (κ3) is 2.38. The lowest BCUT2D eigenvalue weighted by molar-refractivity contribution is 0.600. The largest absolute Gasteiger partial charge is 0.179 e. The fourth-order valence-corrected chi connectivity index (χ4v) is 1.86. The van der Waals surface area contributed by atoms with E-state index in [2.05, 4.69) is 20.2 Å². The zero-order valence-corrected chi connectivity index (χ0v) is 10.0. The SMILES string of the molecule is [N-]=[N+]=Nc1ccc(Cn2nc3ccccc3n2)cc1. The van der Waals surface area contributed by atoms with Crippen LogP contribution in [0, 0.1) is 0 Å². The van der Waals surface area contributed by atoms with Crippen molar-refractivity contribution in [3.05, 3.63) is 64.5 Å². The van der Waals surface area contributed by atoms with E-state index in [1.807, 2.05) is 36.4 Å². The second kappa shape index (κ2) is 4.80. The van der Waals surface area contributed by atoms with E-state index in [-0.39, 0.29) is 0 Å². The number of nitrogens with zero attached hydrogens (tertiary/aromatic N) is 6. The molecule has 2 aromatic carbocycles. The highest BCUT2D eigenvalue weighted by Gasteiger charge is 2.02. The van der Waals surface area contributed by atoms with Crippen LogP contribution in [0.5, 0.6) is 0 Å². The number of hydrogen-bond acceptors (Lipinski definition) is 3. The van der Waals surface area contributed by atoms with Gasteiger partial charge in [0, 0.05) is 10.6 Å². The van der Waals surface area contributed by atoms with Crippen LogP contribution < -0.4 is 0 Å². The summed E-state index contributed by atoms with van der Waals surface area (Å²) in [5.74, 6) is 0. The van der Waals surface area contributed by atoms with E-state index in [4.69, 9.17) is 5.53 Å². The Balaban J connectivity index is 1.85. The predicted octanol–water partition coefficient (Wildman–Crippen LogP) is 3.42. The van der Waals surface area contributed by atoms with Crippen molar-refractivity contribution in [3.63, 3.8) is 0 Å². The van der Waals surface area contributed by atoms with Crippen molar-refractivity contribution in [2.45, 2.75) is 6.54 Å². The van der Waals surface area contributed by atoms with Crippen molar-refractivity contribution in [2.24, 2.45) is 5.11 Å². The van der Waals surface area contributed by atoms with Gasteiger partial charge < -0.3 is 0 Å². The highest BCUT2D eigenvalue weighted by atomic mass is 15.5. The highest BCUT2D eigenvalue weighted by molar-refractivity contribution is 5.72. The van der Waals surface area contributed by atoms with Gasteiger partial charge in [0.05, 0.1) is 6.54 Å². The normalized spacial score (nSPS) is 10.3. The standard InChI is InChI=1S/C13H10N6/c14-18-15-11-7-5-10(6-8-11)9-19-16-12-3-1-2-4-13(12)17-19/h1-8H,9H2. The number of hydrogen-bond donors (Lipinski definition) is 0. The van der Waals surface area contributed by atoms with Gasteiger partial charge in [-0.2, -0.15) is 15.0 Å². The zero-order chi connectivity index (χ0) is 13.1. The Morgan fingerprint density at radius 1 is 1.00 bits per heavy atom. The molecule has 0 fully saturated rings. The van der Waals surface area contributed by atoms with Gasteiger partial charge >= 0.3 is 0 Å². The van der Waals surface area contributed by atoms with Gasteiger partial charge in [-0.05, 0) is 23.2 Å². The summed E-state index contributed by atoms with van der Waals surface area (Å²) in [6.07, 6.45) is 0. The molecule has 0 aliphatic heterocycles. The number of aromatic nitrogens is 3. The molecule has 1 heterocycles. The average Bonchev–Trinajstić information content (AvgIpc) is 2.83. The van der Waals surface area contributed by atoms with Crippen molar-refractivity contribution in [1.82, 2.24) is 15.0 Å². The topological polar surface area (TPSA) is 79.5 Å². The summed E-state index contributed by atoms with van der Waals surface area (Å²) < 4.78 is 0. The second-order valence-electron chi connectivity index (χ2n) is 4.08. The van der Waals surface area contributed by atoms with Crippen molar-refractivity contribution in [3.8, 4) is 0 Å². The summed E-state index contributed by atoms with van der Waals surface area (Å²) in [7, 11) is 0. The van der Waals surface area contributed by atoms with E-state index in [1.54, 1.807) is 16.9 Å². The van der Waals surface area contributed by atoms with Crippen LogP contribution in [-0.2, 0) is 6.54 Å². The lowest BCUT2D eigenvalue weighted by Crippen LogP contribution is -2.03. The molecule has 3 aromatic rings. The van der Waals surface area contributed by atoms with Crippen LogP contribution >= 0.6 is 0 Å². The fraction of sp³-hybridized carbons (Fsp3) is 0.0769. The maximum atomic E-state index is 8.34. The third-order valence-electron chi connectivity index (χ3n) is 2.75. The van der Waals surface area contributed by atoms with Gasteiger partial charge in [0.25, 0.3) is 0 Å². The lowest BCUT2D eigenvalue weighted by Gasteiger charge is -2.00. The molecular weight excluding hydrogens is 240 g/mol. The van der Waals surface area contributed by atoms with Crippen molar-refractivity contribution in [2.75, 3.05) is 0 Å². The van der Waals surface area contributed by atoms with E-state index >= 15 is 0 Å². The Morgan fingerprint density at radius 3 is 2.21 bits per heavy atom. The molecule has 3 rings (SSSR count). The summed E-state index contributed by atoms with van der Waals surface area (Å²) >= 11 is 0. The summed E-state index contributed by atoms with van der Waals surface area (Å²) in [4.78, 5) is 4.40. The summed E-state index contributed by atoms with van der Waals surface area (Å²) in [6, 6.07) is 15.1. The van der Waals surface area contributed by atoms with Crippen LogP contribution in [0.1, 0.15) is 5.56 Å². The maximum Gasteiger partial charge on any atom is 0.113 e. The minimum Gasteiger partial charge on any atom is -0.179 e. The number of azide groups is 1. The van der Waals surface area contributed by atoms with Gasteiger partial charge in [0.15, 0.2) is 0 Å². The van der Waals surface area contributed by atoms with Crippen LogP contribution in [0.2, 0.25) is 0 Å². The molecule has 0 aliphatic rings. The van der Waals surface area contributed by atoms with Gasteiger partial charge in [0.1, 0.15) is 11.0 Å². The Kier molecular flexibility index (Phi) is 2.84. The highest BCUT2D eigenvalue weighted by Crippen LogP contribution is 2.14. The van der Waals surface area contributed by atoms with Crippen LogP contribution in [-0.4, -0.2) is 15.0 Å². The quantitative estimate of drug-likeness (QED) is 0.405. The molecule has 0 aliphatic carbocycles. The van der Waals surface area contributed by atoms with Crippen LogP contribution in [0.25, 0.3) is 21.5 Å². The van der Waals surface area contributed by atoms with Gasteiger partial charge in [-0.15, -0.1) is 0 Å². The lowest BCUT2D eigenvalue weighted by atomic mass is 10.2. The Labute approximate surface area is 108 Å². The van der Waals surface area contributed by atoms with Crippen LogP contribution in [0.15, 0.2) is 53.6 Å². The second-order valence-corrected chi connectivity index (χ2v) is 4.08. The van der Waals surface area contributed by atoms with Gasteiger partial charge in [-0.25, -0.2) is 0 Å². The van der Waals surface area contributed by atoms with E-state index in [9.17, 15) is 0 Å². The van der Waals surface area contributed by atoms with Crippen LogP contribution in [0.3, 0.4) is 0 Å². The third-order valence-corrected chi connectivity index (χ3v) is 2.75. The maximum absolute atomic E-state index is 8.34. The summed E-state index contributed by atoms with van der Waals surface area (Å²) in [5, 5.41) is 12.3. The first kappa shape index (κ1) is 11.3. The molecule has 0 N–H and O–H groups in total. The van der Waals surface area contributed by atoms with Gasteiger partial charge in [-0.1, -0.05) is 41.5 Å². The Morgan fingerprint density at radius 2 is 1.63 bits per heavy atom. The monoisotopic (exact) mass is 250 g/mol.